The summed E-state index contributed by atoms with van der Waals surface area (Å²) in [5.41, 5.74) is 2.26. The van der Waals surface area contributed by atoms with E-state index in [2.05, 4.69) is 0 Å². The third-order valence-electron chi connectivity index (χ3n) is 3.30. The molecular weight excluding hydrogens is 256 g/mol. The van der Waals surface area contributed by atoms with Crippen molar-refractivity contribution in [1.82, 2.24) is 0 Å². The predicted octanol–water partition coefficient (Wildman–Crippen LogP) is 2.35. The molecule has 18 heavy (non-hydrogen) atoms. The van der Waals surface area contributed by atoms with Gasteiger partial charge in [0.25, 0.3) is 0 Å². The first-order valence-corrected chi connectivity index (χ1v) is 6.23. The third-order valence-corrected chi connectivity index (χ3v) is 3.70. The Kier molecular flexibility index (Phi) is 3.78. The highest BCUT2D eigenvalue weighted by atomic mass is 35.5. The number of aliphatic carboxylic acids is 1. The minimum atomic E-state index is -1.61. The molecule has 2 N–H and O–H groups in total. The summed E-state index contributed by atoms with van der Waals surface area (Å²) >= 11 is 6.25. The van der Waals surface area contributed by atoms with Crippen LogP contribution in [0, 0.1) is 0 Å². The lowest BCUT2D eigenvalue weighted by molar-refractivity contribution is -0.147. The van der Waals surface area contributed by atoms with Gasteiger partial charge < -0.3 is 14.9 Å². The number of carboxylic acid groups (broad SMARTS) is 1. The Balaban J connectivity index is 2.58. The summed E-state index contributed by atoms with van der Waals surface area (Å²) in [6, 6.07) is 1.71. The highest BCUT2D eigenvalue weighted by Gasteiger charge is 2.26. The van der Waals surface area contributed by atoms with Gasteiger partial charge in [0.15, 0.2) is 6.10 Å². The molecule has 5 heteroatoms. The summed E-state index contributed by atoms with van der Waals surface area (Å²) in [6.07, 6.45) is 2.24. The van der Waals surface area contributed by atoms with E-state index < -0.39 is 12.1 Å². The van der Waals surface area contributed by atoms with Crippen LogP contribution in [0.25, 0.3) is 0 Å². The van der Waals surface area contributed by atoms with Gasteiger partial charge in [0.2, 0.25) is 0 Å². The number of aryl methyl sites for hydroxylation is 1. The molecule has 1 atom stereocenters. The molecule has 98 valence electrons. The third kappa shape index (κ3) is 2.18. The minimum Gasteiger partial charge on any atom is -0.495 e. The molecule has 0 bridgehead atoms. The Hall–Kier alpha value is -1.26. The fourth-order valence-corrected chi connectivity index (χ4v) is 2.80. The highest BCUT2D eigenvalue weighted by Crippen LogP contribution is 2.40. The van der Waals surface area contributed by atoms with Crippen molar-refractivity contribution in [2.24, 2.45) is 0 Å². The monoisotopic (exact) mass is 270 g/mol. The predicted molar refractivity (Wildman–Crippen MR) is 67.2 cm³/mol. The largest absolute Gasteiger partial charge is 0.495 e. The molecule has 0 radical (unpaired) electrons. The number of carbonyl (C=O) groups is 1. The van der Waals surface area contributed by atoms with Crippen LogP contribution >= 0.6 is 11.6 Å². The fourth-order valence-electron chi connectivity index (χ4n) is 2.40. The molecule has 1 aromatic rings. The van der Waals surface area contributed by atoms with Crippen molar-refractivity contribution < 1.29 is 19.7 Å². The average molecular weight is 271 g/mol. The Morgan fingerprint density at radius 1 is 1.44 bits per heavy atom. The van der Waals surface area contributed by atoms with Crippen molar-refractivity contribution in [3.8, 4) is 5.75 Å². The zero-order valence-electron chi connectivity index (χ0n) is 10.1. The number of rotatable bonds is 3. The topological polar surface area (TPSA) is 66.8 Å². The second-order valence-corrected chi connectivity index (χ2v) is 4.78. The van der Waals surface area contributed by atoms with Gasteiger partial charge >= 0.3 is 5.97 Å². The van der Waals surface area contributed by atoms with E-state index in [1.54, 1.807) is 6.07 Å². The van der Waals surface area contributed by atoms with E-state index in [9.17, 15) is 9.90 Å². The first-order valence-electron chi connectivity index (χ1n) is 5.85. The van der Waals surface area contributed by atoms with Crippen molar-refractivity contribution in [3.63, 3.8) is 0 Å². The first-order chi connectivity index (χ1) is 8.56. The Bertz CT molecular complexity index is 484. The van der Waals surface area contributed by atoms with Gasteiger partial charge in [0, 0.05) is 5.56 Å². The quantitative estimate of drug-likeness (QED) is 0.885. The number of hydrogen-bond donors (Lipinski definition) is 2. The Labute approximate surface area is 110 Å². The molecule has 0 saturated carbocycles. The molecule has 0 heterocycles. The smallest absolute Gasteiger partial charge is 0.337 e. The number of benzene rings is 1. The molecule has 0 saturated heterocycles. The number of hydrogen-bond acceptors (Lipinski definition) is 3. The number of halogens is 1. The summed E-state index contributed by atoms with van der Waals surface area (Å²) in [7, 11) is 1.43. The Morgan fingerprint density at radius 3 is 2.72 bits per heavy atom. The van der Waals surface area contributed by atoms with Gasteiger partial charge in [0.05, 0.1) is 12.1 Å². The van der Waals surface area contributed by atoms with E-state index in [4.69, 9.17) is 21.4 Å². The van der Waals surface area contributed by atoms with E-state index in [0.29, 0.717) is 5.02 Å². The van der Waals surface area contributed by atoms with Gasteiger partial charge in [-0.25, -0.2) is 4.79 Å². The average Bonchev–Trinajstić information content (AvgIpc) is 2.37. The van der Waals surface area contributed by atoms with Gasteiger partial charge in [-0.3, -0.25) is 0 Å². The lowest BCUT2D eigenvalue weighted by Gasteiger charge is -2.22. The van der Waals surface area contributed by atoms with E-state index in [-0.39, 0.29) is 11.3 Å². The summed E-state index contributed by atoms with van der Waals surface area (Å²) in [5.74, 6) is -1.03. The molecule has 1 unspecified atom stereocenters. The molecule has 0 fully saturated rings. The molecule has 0 amide bonds. The molecule has 4 nitrogen and oxygen atoms in total. The van der Waals surface area contributed by atoms with Crippen LogP contribution in [0.5, 0.6) is 5.75 Å². The van der Waals surface area contributed by atoms with Crippen molar-refractivity contribution in [2.75, 3.05) is 7.11 Å². The van der Waals surface area contributed by atoms with Gasteiger partial charge in [-0.15, -0.1) is 0 Å². The zero-order valence-corrected chi connectivity index (χ0v) is 10.8. The summed E-state index contributed by atoms with van der Waals surface area (Å²) in [5, 5.41) is 19.0. The first kappa shape index (κ1) is 13.2. The van der Waals surface area contributed by atoms with E-state index in [0.717, 1.165) is 36.8 Å². The van der Waals surface area contributed by atoms with Crippen LogP contribution in [0.15, 0.2) is 6.07 Å². The van der Waals surface area contributed by atoms with Crippen molar-refractivity contribution in [1.29, 1.82) is 0 Å². The molecule has 0 aromatic heterocycles. The summed E-state index contributed by atoms with van der Waals surface area (Å²) in [6.45, 7) is 0. The van der Waals surface area contributed by atoms with Crippen LogP contribution in [-0.2, 0) is 17.6 Å². The molecule has 1 aliphatic carbocycles. The molecular formula is C13H15ClO4. The van der Waals surface area contributed by atoms with Crippen molar-refractivity contribution >= 4 is 17.6 Å². The molecule has 0 aliphatic heterocycles. The lowest BCUT2D eigenvalue weighted by atomic mass is 9.88. The molecule has 1 aliphatic rings. The number of methoxy groups -OCH3 is 1. The normalized spacial score (nSPS) is 15.9. The second kappa shape index (κ2) is 5.16. The van der Waals surface area contributed by atoms with Crippen LogP contribution in [0.1, 0.15) is 35.6 Å². The molecule has 2 rings (SSSR count). The number of carboxylic acids is 1. The molecule has 0 spiro atoms. The van der Waals surface area contributed by atoms with Gasteiger partial charge in [-0.05, 0) is 42.9 Å². The van der Waals surface area contributed by atoms with E-state index in [1.165, 1.54) is 7.11 Å². The summed E-state index contributed by atoms with van der Waals surface area (Å²) < 4.78 is 5.16. The van der Waals surface area contributed by atoms with Crippen LogP contribution < -0.4 is 4.74 Å². The maximum atomic E-state index is 10.9. The standard InChI is InChI=1S/C13H15ClO4/c1-18-12-9(11(15)13(16)17)6-7-4-2-3-5-8(7)10(12)14/h6,11,15H,2-5H2,1H3,(H,16,17). The summed E-state index contributed by atoms with van der Waals surface area (Å²) in [4.78, 5) is 10.9. The van der Waals surface area contributed by atoms with Gasteiger partial charge in [-0.1, -0.05) is 11.6 Å². The maximum Gasteiger partial charge on any atom is 0.337 e. The van der Waals surface area contributed by atoms with Crippen LogP contribution in [-0.4, -0.2) is 23.3 Å². The number of aliphatic hydroxyl groups excluding tert-OH is 1. The fraction of sp³-hybridized carbons (Fsp3) is 0.462. The molecule has 1 aromatic carbocycles. The van der Waals surface area contributed by atoms with Gasteiger partial charge in [0.1, 0.15) is 5.75 Å². The highest BCUT2D eigenvalue weighted by molar-refractivity contribution is 6.33. The van der Waals surface area contributed by atoms with Gasteiger partial charge in [-0.2, -0.15) is 0 Å². The van der Waals surface area contributed by atoms with Crippen LogP contribution in [0.2, 0.25) is 5.02 Å². The van der Waals surface area contributed by atoms with Crippen LogP contribution in [0.4, 0.5) is 0 Å². The zero-order chi connectivity index (χ0) is 13.3. The van der Waals surface area contributed by atoms with E-state index >= 15 is 0 Å². The lowest BCUT2D eigenvalue weighted by Crippen LogP contribution is -2.14. The maximum absolute atomic E-state index is 10.9. The van der Waals surface area contributed by atoms with Crippen molar-refractivity contribution in [3.05, 3.63) is 27.8 Å². The second-order valence-electron chi connectivity index (χ2n) is 4.40. The number of ether oxygens (including phenoxy) is 1. The van der Waals surface area contributed by atoms with Crippen LogP contribution in [0.3, 0.4) is 0 Å². The van der Waals surface area contributed by atoms with Crippen molar-refractivity contribution in [2.45, 2.75) is 31.8 Å². The Morgan fingerprint density at radius 2 is 2.11 bits per heavy atom. The SMILES string of the molecule is COc1c(C(O)C(=O)O)cc2c(c1Cl)CCCC2. The minimum absolute atomic E-state index is 0.232. The number of aliphatic hydroxyl groups is 1. The number of fused-ring (bicyclic) bond motifs is 1. The van der Waals surface area contributed by atoms with E-state index in [1.807, 2.05) is 0 Å².